The number of nitrogens with one attached hydrogen (secondary N) is 2. The lowest BCUT2D eigenvalue weighted by molar-refractivity contribution is -0.136. The van der Waals surface area contributed by atoms with Gasteiger partial charge in [-0.15, -0.1) is 11.3 Å². The standard InChI is InChI=1S/C24H14Cl3N3O4S/c25-14-7-10-17(26)18(11-14)29-22(31)23(32)30-28-12-13-5-8-15(9-6-13)34-24(33)21-20(27)16-3-1-2-4-19(16)35-21/h1-12H,(H,29,31)(H,30,32)/b28-12-. The highest BCUT2D eigenvalue weighted by atomic mass is 35.5. The second kappa shape index (κ2) is 10.9. The molecule has 0 atom stereocenters. The Bertz CT molecular complexity index is 1470. The van der Waals surface area contributed by atoms with E-state index >= 15 is 0 Å². The lowest BCUT2D eigenvalue weighted by Gasteiger charge is -2.06. The van der Waals surface area contributed by atoms with Gasteiger partial charge in [0.05, 0.1) is 21.9 Å². The van der Waals surface area contributed by atoms with Crippen LogP contribution in [0.3, 0.4) is 0 Å². The molecule has 3 aromatic carbocycles. The second-order valence-electron chi connectivity index (χ2n) is 6.98. The molecule has 0 fully saturated rings. The number of amides is 2. The van der Waals surface area contributed by atoms with Crippen molar-refractivity contribution in [2.45, 2.75) is 0 Å². The van der Waals surface area contributed by atoms with E-state index in [1.165, 1.54) is 29.7 Å². The zero-order valence-electron chi connectivity index (χ0n) is 17.6. The number of nitrogens with zero attached hydrogens (tertiary/aromatic N) is 1. The first kappa shape index (κ1) is 24.7. The van der Waals surface area contributed by atoms with E-state index in [1.54, 1.807) is 30.3 Å². The van der Waals surface area contributed by atoms with Crippen LogP contribution >= 0.6 is 46.1 Å². The van der Waals surface area contributed by atoms with Crippen LogP contribution in [0.5, 0.6) is 5.75 Å². The third-order valence-corrected chi connectivity index (χ3v) is 6.79. The summed E-state index contributed by atoms with van der Waals surface area (Å²) in [7, 11) is 0. The molecular formula is C24H14Cl3N3O4S. The van der Waals surface area contributed by atoms with E-state index in [4.69, 9.17) is 39.5 Å². The molecule has 4 aromatic rings. The van der Waals surface area contributed by atoms with Gasteiger partial charge in [-0.2, -0.15) is 5.10 Å². The number of thiophene rings is 1. The predicted octanol–water partition coefficient (Wildman–Crippen LogP) is 6.17. The summed E-state index contributed by atoms with van der Waals surface area (Å²) < 4.78 is 6.31. The summed E-state index contributed by atoms with van der Waals surface area (Å²) in [5, 5.41) is 7.84. The third kappa shape index (κ3) is 5.98. The Morgan fingerprint density at radius 3 is 2.40 bits per heavy atom. The molecule has 1 heterocycles. The Hall–Kier alpha value is -3.43. The molecular weight excluding hydrogens is 533 g/mol. The molecule has 0 aliphatic heterocycles. The topological polar surface area (TPSA) is 96.9 Å². The smallest absolute Gasteiger partial charge is 0.355 e. The van der Waals surface area contributed by atoms with E-state index < -0.39 is 17.8 Å². The maximum absolute atomic E-state index is 12.5. The van der Waals surface area contributed by atoms with Crippen molar-refractivity contribution in [3.05, 3.63) is 92.2 Å². The number of fused-ring (bicyclic) bond motifs is 1. The average molecular weight is 547 g/mol. The SMILES string of the molecule is O=C(N/N=C\c1ccc(OC(=O)c2sc3ccccc3c2Cl)cc1)C(=O)Nc1cc(Cl)ccc1Cl. The molecule has 0 aliphatic carbocycles. The average Bonchev–Trinajstić information content (AvgIpc) is 3.19. The summed E-state index contributed by atoms with van der Waals surface area (Å²) in [5.41, 5.74) is 2.90. The first-order chi connectivity index (χ1) is 16.8. The van der Waals surface area contributed by atoms with Gasteiger partial charge in [-0.1, -0.05) is 53.0 Å². The minimum absolute atomic E-state index is 0.199. The van der Waals surface area contributed by atoms with Crippen LogP contribution in [0.15, 0.2) is 71.8 Å². The highest BCUT2D eigenvalue weighted by Gasteiger charge is 2.19. The van der Waals surface area contributed by atoms with Crippen molar-refractivity contribution in [3.63, 3.8) is 0 Å². The molecule has 4 rings (SSSR count). The monoisotopic (exact) mass is 545 g/mol. The molecule has 35 heavy (non-hydrogen) atoms. The summed E-state index contributed by atoms with van der Waals surface area (Å²) in [6.45, 7) is 0. The fourth-order valence-electron chi connectivity index (χ4n) is 2.91. The van der Waals surface area contributed by atoms with Gasteiger partial charge in [-0.05, 0) is 54.1 Å². The lowest BCUT2D eigenvalue weighted by atomic mass is 10.2. The van der Waals surface area contributed by atoms with Gasteiger partial charge in [0.2, 0.25) is 0 Å². The van der Waals surface area contributed by atoms with Crippen LogP contribution in [0.4, 0.5) is 5.69 Å². The van der Waals surface area contributed by atoms with Crippen molar-refractivity contribution in [2.24, 2.45) is 5.10 Å². The van der Waals surface area contributed by atoms with Crippen LogP contribution in [-0.2, 0) is 9.59 Å². The number of hydrazone groups is 1. The number of anilines is 1. The number of benzene rings is 3. The Kier molecular flexibility index (Phi) is 7.67. The fraction of sp³-hybridized carbons (Fsp3) is 0. The summed E-state index contributed by atoms with van der Waals surface area (Å²) in [4.78, 5) is 36.8. The molecule has 0 saturated carbocycles. The van der Waals surface area contributed by atoms with Gasteiger partial charge < -0.3 is 10.1 Å². The van der Waals surface area contributed by atoms with Crippen LogP contribution in [0.2, 0.25) is 15.1 Å². The Labute approximate surface area is 218 Å². The van der Waals surface area contributed by atoms with E-state index in [2.05, 4.69) is 15.8 Å². The van der Waals surface area contributed by atoms with Crippen molar-refractivity contribution in [3.8, 4) is 5.75 Å². The Balaban J connectivity index is 1.33. The van der Waals surface area contributed by atoms with Crippen molar-refractivity contribution in [1.29, 1.82) is 0 Å². The molecule has 0 bridgehead atoms. The van der Waals surface area contributed by atoms with Gasteiger partial charge in [0.1, 0.15) is 10.6 Å². The molecule has 0 aliphatic rings. The number of ether oxygens (including phenoxy) is 1. The molecule has 11 heteroatoms. The van der Waals surface area contributed by atoms with Crippen LogP contribution in [0.25, 0.3) is 10.1 Å². The van der Waals surface area contributed by atoms with Crippen LogP contribution in [-0.4, -0.2) is 24.0 Å². The predicted molar refractivity (Wildman–Crippen MR) is 139 cm³/mol. The van der Waals surface area contributed by atoms with E-state index in [0.29, 0.717) is 26.2 Å². The number of halogens is 3. The molecule has 2 N–H and O–H groups in total. The van der Waals surface area contributed by atoms with Gasteiger partial charge in [-0.3, -0.25) is 9.59 Å². The van der Waals surface area contributed by atoms with Crippen molar-refractivity contribution in [2.75, 3.05) is 5.32 Å². The number of rotatable bonds is 5. The highest BCUT2D eigenvalue weighted by molar-refractivity contribution is 7.21. The quantitative estimate of drug-likeness (QED) is 0.103. The molecule has 0 spiro atoms. The van der Waals surface area contributed by atoms with Crippen molar-refractivity contribution < 1.29 is 19.1 Å². The zero-order chi connectivity index (χ0) is 24.9. The summed E-state index contributed by atoms with van der Waals surface area (Å²) in [6.07, 6.45) is 1.33. The minimum atomic E-state index is -0.997. The molecule has 2 amide bonds. The fourth-order valence-corrected chi connectivity index (χ4v) is 4.63. The van der Waals surface area contributed by atoms with E-state index in [1.807, 2.05) is 24.3 Å². The number of esters is 1. The molecule has 0 unspecified atom stereocenters. The van der Waals surface area contributed by atoms with Crippen molar-refractivity contribution >= 4 is 85.9 Å². The first-order valence-electron chi connectivity index (χ1n) is 9.90. The summed E-state index contributed by atoms with van der Waals surface area (Å²) >= 11 is 19.4. The number of hydrogen-bond donors (Lipinski definition) is 2. The van der Waals surface area contributed by atoms with Crippen LogP contribution in [0.1, 0.15) is 15.2 Å². The maximum Gasteiger partial charge on any atom is 0.355 e. The number of carbonyl (C=O) groups is 3. The largest absolute Gasteiger partial charge is 0.422 e. The number of carbonyl (C=O) groups excluding carboxylic acids is 3. The van der Waals surface area contributed by atoms with Gasteiger partial charge >= 0.3 is 17.8 Å². The Morgan fingerprint density at radius 1 is 0.914 bits per heavy atom. The molecule has 7 nitrogen and oxygen atoms in total. The Morgan fingerprint density at radius 2 is 1.66 bits per heavy atom. The van der Waals surface area contributed by atoms with Crippen molar-refractivity contribution in [1.82, 2.24) is 5.43 Å². The second-order valence-corrected chi connectivity index (χ2v) is 9.25. The van der Waals surface area contributed by atoms with Gasteiger partial charge in [0.15, 0.2) is 0 Å². The highest BCUT2D eigenvalue weighted by Crippen LogP contribution is 2.35. The van der Waals surface area contributed by atoms with Gasteiger partial charge in [0.25, 0.3) is 0 Å². The third-order valence-electron chi connectivity index (χ3n) is 4.57. The minimum Gasteiger partial charge on any atom is -0.422 e. The molecule has 176 valence electrons. The first-order valence-corrected chi connectivity index (χ1v) is 11.9. The molecule has 0 saturated heterocycles. The molecule has 1 aromatic heterocycles. The summed E-state index contributed by atoms with van der Waals surface area (Å²) in [5.74, 6) is -2.21. The summed E-state index contributed by atoms with van der Waals surface area (Å²) in [6, 6.07) is 18.3. The lowest BCUT2D eigenvalue weighted by Crippen LogP contribution is -2.32. The zero-order valence-corrected chi connectivity index (χ0v) is 20.6. The van der Waals surface area contributed by atoms with Gasteiger partial charge in [-0.25, -0.2) is 10.2 Å². The van der Waals surface area contributed by atoms with Crippen LogP contribution < -0.4 is 15.5 Å². The molecule has 0 radical (unpaired) electrons. The van der Waals surface area contributed by atoms with E-state index in [0.717, 1.165) is 10.1 Å². The van der Waals surface area contributed by atoms with Crippen LogP contribution in [0, 0.1) is 0 Å². The number of hydrogen-bond acceptors (Lipinski definition) is 6. The normalized spacial score (nSPS) is 10.9. The maximum atomic E-state index is 12.5. The van der Waals surface area contributed by atoms with Gasteiger partial charge in [0, 0.05) is 15.1 Å². The van der Waals surface area contributed by atoms with E-state index in [9.17, 15) is 14.4 Å². The van der Waals surface area contributed by atoms with E-state index in [-0.39, 0.29) is 10.7 Å².